The first-order valence-electron chi connectivity index (χ1n) is 7.86. The van der Waals surface area contributed by atoms with Gasteiger partial charge in [-0.1, -0.05) is 26.3 Å². The van der Waals surface area contributed by atoms with Gasteiger partial charge in [0.15, 0.2) is 0 Å². The monoisotopic (exact) mass is 402 g/mol. The van der Waals surface area contributed by atoms with Gasteiger partial charge in [0.2, 0.25) is 0 Å². The standard InChI is InChI=1S/C20H20O5P2/c1-5-26(21,6-2)24-19-13-9-17(10-14-19)23-18-11-15-20(16-12-18)25-27(22,7-3)8-4/h5-16H,1-4H2. The van der Waals surface area contributed by atoms with Crippen LogP contribution in [0.2, 0.25) is 0 Å². The van der Waals surface area contributed by atoms with E-state index in [2.05, 4.69) is 26.3 Å². The molecule has 0 aliphatic carbocycles. The van der Waals surface area contributed by atoms with E-state index in [0.717, 1.165) is 0 Å². The molecule has 0 saturated carbocycles. The SMILES string of the molecule is C=CP(=O)(C=C)Oc1ccc(Oc2ccc(OP(=O)(C=C)C=C)cc2)cc1. The molecule has 0 heterocycles. The highest BCUT2D eigenvalue weighted by Crippen LogP contribution is 2.50. The van der Waals surface area contributed by atoms with Crippen molar-refractivity contribution in [3.8, 4) is 23.0 Å². The lowest BCUT2D eigenvalue weighted by Crippen LogP contribution is -1.89. The van der Waals surface area contributed by atoms with Crippen molar-refractivity contribution >= 4 is 14.7 Å². The quantitative estimate of drug-likeness (QED) is 0.388. The van der Waals surface area contributed by atoms with Crippen LogP contribution in [-0.4, -0.2) is 0 Å². The van der Waals surface area contributed by atoms with E-state index in [-0.39, 0.29) is 0 Å². The first-order valence-corrected chi connectivity index (χ1v) is 11.4. The van der Waals surface area contributed by atoms with Crippen LogP contribution in [0, 0.1) is 0 Å². The molecule has 7 heteroatoms. The van der Waals surface area contributed by atoms with Crippen molar-refractivity contribution in [3.63, 3.8) is 0 Å². The predicted octanol–water partition coefficient (Wildman–Crippen LogP) is 7.37. The molecule has 0 amide bonds. The molecule has 2 aromatic carbocycles. The summed E-state index contributed by atoms with van der Waals surface area (Å²) in [4.78, 5) is 0. The molecule has 2 rings (SSSR count). The molecule has 0 bridgehead atoms. The molecule has 0 spiro atoms. The maximum atomic E-state index is 12.1. The van der Waals surface area contributed by atoms with Gasteiger partial charge in [0, 0.05) is 23.3 Å². The highest BCUT2D eigenvalue weighted by Gasteiger charge is 2.15. The van der Waals surface area contributed by atoms with Gasteiger partial charge >= 0.3 is 0 Å². The largest absolute Gasteiger partial charge is 0.457 e. The fraction of sp³-hybridized carbons (Fsp3) is 0. The number of benzene rings is 2. The predicted molar refractivity (Wildman–Crippen MR) is 110 cm³/mol. The molecule has 27 heavy (non-hydrogen) atoms. The van der Waals surface area contributed by atoms with Crippen molar-refractivity contribution in [2.45, 2.75) is 0 Å². The summed E-state index contributed by atoms with van der Waals surface area (Å²) < 4.78 is 40.8. The molecular formula is C20H20O5P2. The third-order valence-electron chi connectivity index (χ3n) is 3.40. The van der Waals surface area contributed by atoms with E-state index in [1.54, 1.807) is 48.5 Å². The van der Waals surface area contributed by atoms with Crippen LogP contribution in [0.15, 0.2) is 98.1 Å². The summed E-state index contributed by atoms with van der Waals surface area (Å²) in [6.07, 6.45) is 0. The summed E-state index contributed by atoms with van der Waals surface area (Å²) in [5, 5.41) is 0. The van der Waals surface area contributed by atoms with Gasteiger partial charge in [0.1, 0.15) is 23.0 Å². The minimum absolute atomic E-state index is 0.416. The molecule has 2 aromatic rings. The van der Waals surface area contributed by atoms with Crippen LogP contribution in [0.1, 0.15) is 0 Å². The third-order valence-corrected chi connectivity index (χ3v) is 6.43. The minimum Gasteiger partial charge on any atom is -0.457 e. The number of ether oxygens (including phenoxy) is 1. The molecule has 0 aliphatic heterocycles. The lowest BCUT2D eigenvalue weighted by atomic mass is 10.3. The molecule has 0 N–H and O–H groups in total. The molecule has 0 aromatic heterocycles. The van der Waals surface area contributed by atoms with Crippen LogP contribution in [0.5, 0.6) is 23.0 Å². The van der Waals surface area contributed by atoms with E-state index in [4.69, 9.17) is 13.8 Å². The average Bonchev–Trinajstić information content (AvgIpc) is 2.70. The molecular weight excluding hydrogens is 382 g/mol. The van der Waals surface area contributed by atoms with Gasteiger partial charge in [-0.15, -0.1) is 0 Å². The zero-order valence-corrected chi connectivity index (χ0v) is 16.5. The van der Waals surface area contributed by atoms with E-state index in [0.29, 0.717) is 23.0 Å². The smallest absolute Gasteiger partial charge is 0.291 e. The molecule has 5 nitrogen and oxygen atoms in total. The van der Waals surface area contributed by atoms with Crippen LogP contribution in [0.4, 0.5) is 0 Å². The number of rotatable bonds is 10. The summed E-state index contributed by atoms with van der Waals surface area (Å²) in [7, 11) is -6.15. The van der Waals surface area contributed by atoms with E-state index in [9.17, 15) is 9.13 Å². The topological polar surface area (TPSA) is 61.8 Å². The summed E-state index contributed by atoms with van der Waals surface area (Å²) in [6.45, 7) is 14.0. The van der Waals surface area contributed by atoms with E-state index in [1.807, 2.05) is 0 Å². The maximum Gasteiger partial charge on any atom is 0.291 e. The zero-order chi connectivity index (χ0) is 19.9. The Morgan fingerprint density at radius 3 is 1.07 bits per heavy atom. The lowest BCUT2D eigenvalue weighted by Gasteiger charge is -2.13. The second kappa shape index (κ2) is 8.77. The Kier molecular flexibility index (Phi) is 6.68. The Morgan fingerprint density at radius 2 is 0.815 bits per heavy atom. The second-order valence-corrected chi connectivity index (χ2v) is 9.65. The van der Waals surface area contributed by atoms with Crippen molar-refractivity contribution in [1.29, 1.82) is 0 Å². The van der Waals surface area contributed by atoms with Gasteiger partial charge < -0.3 is 13.8 Å². The highest BCUT2D eigenvalue weighted by molar-refractivity contribution is 7.66. The zero-order valence-electron chi connectivity index (χ0n) is 14.7. The highest BCUT2D eigenvalue weighted by atomic mass is 31.2. The molecule has 0 aliphatic rings. The normalized spacial score (nSPS) is 11.1. The Labute approximate surface area is 159 Å². The van der Waals surface area contributed by atoms with Crippen molar-refractivity contribution in [3.05, 3.63) is 98.1 Å². The molecule has 0 unspecified atom stereocenters. The van der Waals surface area contributed by atoms with Crippen LogP contribution >= 0.6 is 14.7 Å². The minimum atomic E-state index is -3.08. The molecule has 0 atom stereocenters. The molecule has 0 saturated heterocycles. The summed E-state index contributed by atoms with van der Waals surface area (Å²) in [5.41, 5.74) is 0. The van der Waals surface area contributed by atoms with E-state index in [1.165, 1.54) is 23.3 Å². The van der Waals surface area contributed by atoms with E-state index >= 15 is 0 Å². The second-order valence-electron chi connectivity index (χ2n) is 5.25. The summed E-state index contributed by atoms with van der Waals surface area (Å²) in [5.74, 6) is 6.92. The van der Waals surface area contributed by atoms with Crippen LogP contribution < -0.4 is 13.8 Å². The number of hydrogen-bond donors (Lipinski definition) is 0. The van der Waals surface area contributed by atoms with Crippen molar-refractivity contribution < 1.29 is 22.9 Å². The lowest BCUT2D eigenvalue weighted by molar-refractivity contribution is 0.475. The van der Waals surface area contributed by atoms with Crippen molar-refractivity contribution in [2.75, 3.05) is 0 Å². The van der Waals surface area contributed by atoms with Crippen LogP contribution in [0.3, 0.4) is 0 Å². The Morgan fingerprint density at radius 1 is 0.556 bits per heavy atom. The van der Waals surface area contributed by atoms with Gasteiger partial charge in [-0.2, -0.15) is 0 Å². The molecule has 0 radical (unpaired) electrons. The van der Waals surface area contributed by atoms with Gasteiger partial charge in [0.05, 0.1) is 0 Å². The molecule has 140 valence electrons. The Hall–Kier alpha value is -2.74. The van der Waals surface area contributed by atoms with Gasteiger partial charge in [-0.25, -0.2) is 0 Å². The van der Waals surface area contributed by atoms with Gasteiger partial charge in [-0.05, 0) is 48.5 Å². The Bertz CT molecular complexity index is 828. The number of hydrogen-bond acceptors (Lipinski definition) is 5. The summed E-state index contributed by atoms with van der Waals surface area (Å²) >= 11 is 0. The first kappa shape index (κ1) is 20.6. The van der Waals surface area contributed by atoms with Crippen LogP contribution in [0.25, 0.3) is 0 Å². The van der Waals surface area contributed by atoms with Gasteiger partial charge in [0.25, 0.3) is 14.7 Å². The maximum absolute atomic E-state index is 12.1. The van der Waals surface area contributed by atoms with Crippen LogP contribution in [-0.2, 0) is 9.13 Å². The first-order chi connectivity index (χ1) is 12.8. The van der Waals surface area contributed by atoms with Crippen molar-refractivity contribution in [2.24, 2.45) is 0 Å². The fourth-order valence-corrected chi connectivity index (χ4v) is 3.40. The van der Waals surface area contributed by atoms with Crippen molar-refractivity contribution in [1.82, 2.24) is 0 Å². The van der Waals surface area contributed by atoms with E-state index < -0.39 is 14.7 Å². The Balaban J connectivity index is 2.05. The van der Waals surface area contributed by atoms with Gasteiger partial charge in [-0.3, -0.25) is 9.13 Å². The fourth-order valence-electron chi connectivity index (χ4n) is 1.90. The molecule has 0 fully saturated rings. The third kappa shape index (κ3) is 5.62. The summed E-state index contributed by atoms with van der Waals surface area (Å²) in [6, 6.07) is 13.3. The average molecular weight is 402 g/mol.